The molecule has 0 bridgehead atoms. The van der Waals surface area contributed by atoms with Gasteiger partial charge in [0.25, 0.3) is 5.91 Å². The number of nitrogens with zero attached hydrogens (tertiary/aromatic N) is 1. The van der Waals surface area contributed by atoms with Crippen LogP contribution in [0.15, 0.2) is 18.2 Å². The van der Waals surface area contributed by atoms with Crippen molar-refractivity contribution >= 4 is 11.6 Å². The van der Waals surface area contributed by atoms with E-state index in [1.807, 2.05) is 18.2 Å². The molecular weight excluding hydrogens is 320 g/mol. The second-order valence-corrected chi connectivity index (χ2v) is 7.07. The van der Waals surface area contributed by atoms with Crippen molar-refractivity contribution in [2.75, 3.05) is 32.2 Å². The molecule has 0 aromatic heterocycles. The maximum atomic E-state index is 12.5. The summed E-state index contributed by atoms with van der Waals surface area (Å²) in [7, 11) is 3.27. The van der Waals surface area contributed by atoms with Crippen LogP contribution in [0.5, 0.6) is 11.5 Å². The van der Waals surface area contributed by atoms with Gasteiger partial charge in [0.05, 0.1) is 14.2 Å². The predicted molar refractivity (Wildman–Crippen MR) is 96.3 cm³/mol. The number of benzene rings is 1. The molecule has 1 aromatic rings. The highest BCUT2D eigenvalue weighted by Gasteiger charge is 2.38. The number of anilines is 1. The van der Waals surface area contributed by atoms with Gasteiger partial charge in [-0.3, -0.25) is 4.79 Å². The lowest BCUT2D eigenvalue weighted by atomic mass is 9.84. The Bertz CT molecular complexity index is 591. The lowest BCUT2D eigenvalue weighted by Gasteiger charge is -2.31. The van der Waals surface area contributed by atoms with Crippen molar-refractivity contribution in [2.45, 2.75) is 50.2 Å². The van der Waals surface area contributed by atoms with Gasteiger partial charge < -0.3 is 24.8 Å². The summed E-state index contributed by atoms with van der Waals surface area (Å²) < 4.78 is 10.7. The molecule has 1 amide bonds. The van der Waals surface area contributed by atoms with Crippen LogP contribution in [-0.4, -0.2) is 50.0 Å². The number of carbonyl (C=O) groups is 1. The van der Waals surface area contributed by atoms with Gasteiger partial charge in [0.2, 0.25) is 0 Å². The molecule has 0 spiro atoms. The number of methoxy groups -OCH3 is 2. The SMILES string of the molecule is COc1cc(OC)cc(N2CC[C@H](NC(=O)C3(O)CCCCC3)C2)c1. The Morgan fingerprint density at radius 3 is 2.40 bits per heavy atom. The number of aliphatic hydroxyl groups is 1. The molecule has 1 atom stereocenters. The molecule has 2 aliphatic rings. The highest BCUT2D eigenvalue weighted by molar-refractivity contribution is 5.85. The third-order valence-corrected chi connectivity index (χ3v) is 5.33. The van der Waals surface area contributed by atoms with Gasteiger partial charge in [-0.1, -0.05) is 19.3 Å². The lowest BCUT2D eigenvalue weighted by Crippen LogP contribution is -2.51. The molecule has 1 aliphatic heterocycles. The van der Waals surface area contributed by atoms with E-state index in [9.17, 15) is 9.90 Å². The van der Waals surface area contributed by atoms with Crippen LogP contribution in [0.25, 0.3) is 0 Å². The number of ether oxygens (including phenoxy) is 2. The average Bonchev–Trinajstić information content (AvgIpc) is 3.10. The van der Waals surface area contributed by atoms with Gasteiger partial charge in [0.1, 0.15) is 17.1 Å². The van der Waals surface area contributed by atoms with Crippen LogP contribution in [0.1, 0.15) is 38.5 Å². The van der Waals surface area contributed by atoms with Gasteiger partial charge in [-0.05, 0) is 19.3 Å². The maximum Gasteiger partial charge on any atom is 0.252 e. The van der Waals surface area contributed by atoms with Crippen LogP contribution in [-0.2, 0) is 4.79 Å². The monoisotopic (exact) mass is 348 g/mol. The fraction of sp³-hybridized carbons (Fsp3) is 0.632. The Balaban J connectivity index is 1.63. The standard InChI is InChI=1S/C19H28N2O4/c1-24-16-10-15(11-17(12-16)25-2)21-9-6-14(13-21)20-18(22)19(23)7-4-3-5-8-19/h10-12,14,23H,3-9,13H2,1-2H3,(H,20,22)/t14-/m0/s1. The number of carbonyl (C=O) groups excluding carboxylic acids is 1. The second-order valence-electron chi connectivity index (χ2n) is 7.07. The first-order chi connectivity index (χ1) is 12.0. The van der Waals surface area contributed by atoms with E-state index in [-0.39, 0.29) is 11.9 Å². The minimum absolute atomic E-state index is 0.0515. The van der Waals surface area contributed by atoms with Gasteiger partial charge in [-0.15, -0.1) is 0 Å². The minimum Gasteiger partial charge on any atom is -0.497 e. The number of amides is 1. The molecule has 0 unspecified atom stereocenters. The maximum absolute atomic E-state index is 12.5. The number of hydrogen-bond donors (Lipinski definition) is 2. The molecule has 1 heterocycles. The molecule has 6 nitrogen and oxygen atoms in total. The Kier molecular flexibility index (Phi) is 5.37. The minimum atomic E-state index is -1.18. The molecular formula is C19H28N2O4. The smallest absolute Gasteiger partial charge is 0.252 e. The summed E-state index contributed by atoms with van der Waals surface area (Å²) in [5, 5.41) is 13.6. The second kappa shape index (κ2) is 7.52. The van der Waals surface area contributed by atoms with E-state index in [0.717, 1.165) is 56.0 Å². The van der Waals surface area contributed by atoms with Crippen molar-refractivity contribution < 1.29 is 19.4 Å². The summed E-state index contributed by atoms with van der Waals surface area (Å²) >= 11 is 0. The Hall–Kier alpha value is -1.95. The van der Waals surface area contributed by atoms with Gasteiger partial charge in [-0.2, -0.15) is 0 Å². The summed E-state index contributed by atoms with van der Waals surface area (Å²) in [6, 6.07) is 5.84. The van der Waals surface area contributed by atoms with Crippen LogP contribution < -0.4 is 19.7 Å². The van der Waals surface area contributed by atoms with Crippen LogP contribution in [0, 0.1) is 0 Å². The lowest BCUT2D eigenvalue weighted by molar-refractivity contribution is -0.143. The fourth-order valence-electron chi connectivity index (χ4n) is 3.77. The van der Waals surface area contributed by atoms with E-state index < -0.39 is 5.60 Å². The van der Waals surface area contributed by atoms with Crippen LogP contribution >= 0.6 is 0 Å². The summed E-state index contributed by atoms with van der Waals surface area (Å²) in [6.07, 6.45) is 4.95. The Morgan fingerprint density at radius 1 is 1.16 bits per heavy atom. The highest BCUT2D eigenvalue weighted by Crippen LogP contribution is 2.31. The first kappa shape index (κ1) is 17.9. The zero-order chi connectivity index (χ0) is 17.9. The van der Waals surface area contributed by atoms with Gasteiger partial charge in [0.15, 0.2) is 0 Å². The number of rotatable bonds is 5. The molecule has 0 radical (unpaired) electrons. The fourth-order valence-corrected chi connectivity index (χ4v) is 3.77. The van der Waals surface area contributed by atoms with E-state index in [4.69, 9.17) is 9.47 Å². The predicted octanol–water partition coefficient (Wildman–Crippen LogP) is 2.09. The van der Waals surface area contributed by atoms with E-state index in [1.54, 1.807) is 14.2 Å². The first-order valence-corrected chi connectivity index (χ1v) is 9.05. The molecule has 1 saturated heterocycles. The molecule has 1 saturated carbocycles. The van der Waals surface area contributed by atoms with E-state index in [1.165, 1.54) is 0 Å². The molecule has 3 rings (SSSR count). The zero-order valence-corrected chi connectivity index (χ0v) is 15.1. The molecule has 1 aromatic carbocycles. The van der Waals surface area contributed by atoms with Gasteiger partial charge >= 0.3 is 0 Å². The normalized spacial score (nSPS) is 22.5. The third kappa shape index (κ3) is 4.00. The largest absolute Gasteiger partial charge is 0.497 e. The summed E-state index contributed by atoms with van der Waals surface area (Å²) in [5.41, 5.74) is -0.158. The van der Waals surface area contributed by atoms with Gasteiger partial charge in [-0.25, -0.2) is 0 Å². The van der Waals surface area contributed by atoms with Crippen molar-refractivity contribution in [1.82, 2.24) is 5.32 Å². The van der Waals surface area contributed by atoms with Crippen LogP contribution in [0.4, 0.5) is 5.69 Å². The number of hydrogen-bond acceptors (Lipinski definition) is 5. The van der Waals surface area contributed by atoms with E-state index >= 15 is 0 Å². The highest BCUT2D eigenvalue weighted by atomic mass is 16.5. The molecule has 6 heteroatoms. The molecule has 25 heavy (non-hydrogen) atoms. The molecule has 2 N–H and O–H groups in total. The van der Waals surface area contributed by atoms with Crippen LogP contribution in [0.2, 0.25) is 0 Å². The molecule has 138 valence electrons. The van der Waals surface area contributed by atoms with Gasteiger partial charge in [0, 0.05) is 43.0 Å². The Labute approximate surface area is 149 Å². The first-order valence-electron chi connectivity index (χ1n) is 9.05. The number of nitrogens with one attached hydrogen (secondary N) is 1. The topological polar surface area (TPSA) is 71.0 Å². The zero-order valence-electron chi connectivity index (χ0n) is 15.1. The summed E-state index contributed by atoms with van der Waals surface area (Å²) in [4.78, 5) is 14.7. The average molecular weight is 348 g/mol. The van der Waals surface area contributed by atoms with Crippen molar-refractivity contribution in [3.05, 3.63) is 18.2 Å². The van der Waals surface area contributed by atoms with E-state index in [0.29, 0.717) is 12.8 Å². The molecule has 2 fully saturated rings. The van der Waals surface area contributed by atoms with Crippen LogP contribution in [0.3, 0.4) is 0 Å². The van der Waals surface area contributed by atoms with Crippen molar-refractivity contribution in [2.24, 2.45) is 0 Å². The third-order valence-electron chi connectivity index (χ3n) is 5.33. The summed E-state index contributed by atoms with van der Waals surface area (Å²) in [6.45, 7) is 1.57. The quantitative estimate of drug-likeness (QED) is 0.853. The molecule has 1 aliphatic carbocycles. The Morgan fingerprint density at radius 2 is 1.80 bits per heavy atom. The van der Waals surface area contributed by atoms with Crippen molar-refractivity contribution in [1.29, 1.82) is 0 Å². The van der Waals surface area contributed by atoms with Crippen molar-refractivity contribution in [3.63, 3.8) is 0 Å². The van der Waals surface area contributed by atoms with Crippen molar-refractivity contribution in [3.8, 4) is 11.5 Å². The van der Waals surface area contributed by atoms with E-state index in [2.05, 4.69) is 10.2 Å². The summed E-state index contributed by atoms with van der Waals surface area (Å²) in [5.74, 6) is 1.29.